The van der Waals surface area contributed by atoms with Crippen LogP contribution in [0.2, 0.25) is 0 Å². The van der Waals surface area contributed by atoms with Crippen LogP contribution in [0.3, 0.4) is 0 Å². The summed E-state index contributed by atoms with van der Waals surface area (Å²) in [7, 11) is -9.87. The van der Waals surface area contributed by atoms with Gasteiger partial charge in [-0.25, -0.2) is 9.13 Å². The van der Waals surface area contributed by atoms with E-state index in [-0.39, 0.29) is 25.7 Å². The van der Waals surface area contributed by atoms with Crippen molar-refractivity contribution < 1.29 is 80.2 Å². The van der Waals surface area contributed by atoms with Crippen LogP contribution in [-0.4, -0.2) is 96.7 Å². The Morgan fingerprint density at radius 3 is 0.922 bits per heavy atom. The van der Waals surface area contributed by atoms with Gasteiger partial charge in [0, 0.05) is 25.7 Å². The van der Waals surface area contributed by atoms with Gasteiger partial charge in [0.1, 0.15) is 19.3 Å². The molecule has 0 spiro atoms. The summed E-state index contributed by atoms with van der Waals surface area (Å²) in [6, 6.07) is 0. The molecule has 4 unspecified atom stereocenters. The number of aliphatic hydroxyl groups excluding tert-OH is 1. The van der Waals surface area contributed by atoms with E-state index in [9.17, 15) is 43.2 Å². The molecule has 3 N–H and O–H groups in total. The second-order valence-corrected chi connectivity index (χ2v) is 24.4. The van der Waals surface area contributed by atoms with E-state index >= 15 is 0 Å². The maximum Gasteiger partial charge on any atom is 0.472 e. The van der Waals surface area contributed by atoms with E-state index in [4.69, 9.17) is 37.0 Å². The van der Waals surface area contributed by atoms with E-state index in [1.165, 1.54) is 83.5 Å². The first kappa shape index (κ1) is 75.1. The lowest BCUT2D eigenvalue weighted by atomic mass is 10.00. The summed E-state index contributed by atoms with van der Waals surface area (Å²) in [5.74, 6) is -0.698. The topological polar surface area (TPSA) is 237 Å². The van der Waals surface area contributed by atoms with Gasteiger partial charge in [0.2, 0.25) is 0 Å². The third kappa shape index (κ3) is 50.7. The second kappa shape index (κ2) is 51.0. The molecule has 0 aromatic rings. The van der Waals surface area contributed by atoms with Crippen molar-refractivity contribution in [2.24, 2.45) is 11.8 Å². The average Bonchev–Trinajstić information content (AvgIpc) is 3.40. The lowest BCUT2D eigenvalue weighted by Gasteiger charge is -2.21. The van der Waals surface area contributed by atoms with Crippen LogP contribution in [0.1, 0.15) is 279 Å². The van der Waals surface area contributed by atoms with Gasteiger partial charge in [-0.1, -0.05) is 228 Å². The summed E-state index contributed by atoms with van der Waals surface area (Å²) in [5, 5.41) is 10.5. The highest BCUT2D eigenvalue weighted by Crippen LogP contribution is 2.45. The van der Waals surface area contributed by atoms with Gasteiger partial charge in [0.15, 0.2) is 12.2 Å². The molecule has 0 saturated heterocycles. The Kier molecular flexibility index (Phi) is 49.7. The molecule has 0 aromatic heterocycles. The highest BCUT2D eigenvalue weighted by atomic mass is 31.2. The predicted molar refractivity (Wildman–Crippen MR) is 303 cm³/mol. The minimum atomic E-state index is -4.94. The monoisotopic (exact) mass is 1140 g/mol. The van der Waals surface area contributed by atoms with Crippen LogP contribution in [0, 0.1) is 11.8 Å². The van der Waals surface area contributed by atoms with Crippen molar-refractivity contribution in [2.45, 2.75) is 297 Å². The first-order valence-corrected chi connectivity index (χ1v) is 33.6. The molecule has 19 heteroatoms. The van der Waals surface area contributed by atoms with Crippen LogP contribution in [0.5, 0.6) is 0 Å². The summed E-state index contributed by atoms with van der Waals surface area (Å²) in [6.07, 6.45) is 30.8. The van der Waals surface area contributed by atoms with Crippen molar-refractivity contribution in [2.75, 3.05) is 39.6 Å². The zero-order valence-electron chi connectivity index (χ0n) is 49.2. The SMILES string of the molecule is CCCCCCCCCCCC(=O)O[C@H](COC(=O)CCCCCCCCCC)COP(=O)(O)OC[C@H](O)COP(=O)(O)OC[C@@H](COC(=O)CCCCCCCCC(C)CC)OC(=O)CCCCCCCCC(C)CC. The number of hydrogen-bond acceptors (Lipinski definition) is 15. The number of carbonyl (C=O) groups excluding carboxylic acids is 4. The molecule has 0 amide bonds. The number of phosphoric acid groups is 2. The molecule has 0 aromatic carbocycles. The molecule has 456 valence electrons. The van der Waals surface area contributed by atoms with Crippen LogP contribution in [0.4, 0.5) is 0 Å². The van der Waals surface area contributed by atoms with Crippen LogP contribution in [0.25, 0.3) is 0 Å². The minimum absolute atomic E-state index is 0.102. The first-order valence-electron chi connectivity index (χ1n) is 30.6. The molecule has 0 saturated carbocycles. The molecule has 0 aliphatic carbocycles. The first-order chi connectivity index (χ1) is 36.9. The Bertz CT molecular complexity index is 1540. The molecule has 0 rings (SSSR count). The number of rotatable bonds is 57. The Morgan fingerprint density at radius 2 is 0.623 bits per heavy atom. The van der Waals surface area contributed by atoms with Crippen LogP contribution < -0.4 is 0 Å². The molecule has 0 bridgehead atoms. The highest BCUT2D eigenvalue weighted by molar-refractivity contribution is 7.47. The van der Waals surface area contributed by atoms with E-state index in [0.29, 0.717) is 25.7 Å². The molecule has 17 nitrogen and oxygen atoms in total. The van der Waals surface area contributed by atoms with Gasteiger partial charge in [-0.3, -0.25) is 37.3 Å². The minimum Gasteiger partial charge on any atom is -0.462 e. The van der Waals surface area contributed by atoms with Crippen LogP contribution in [0.15, 0.2) is 0 Å². The van der Waals surface area contributed by atoms with Crippen molar-refractivity contribution in [3.63, 3.8) is 0 Å². The van der Waals surface area contributed by atoms with Crippen LogP contribution >= 0.6 is 15.6 Å². The molecule has 0 aliphatic rings. The van der Waals surface area contributed by atoms with Gasteiger partial charge in [-0.15, -0.1) is 0 Å². The number of phosphoric ester groups is 2. The van der Waals surface area contributed by atoms with E-state index in [1.807, 2.05) is 0 Å². The smallest absolute Gasteiger partial charge is 0.462 e. The van der Waals surface area contributed by atoms with Crippen molar-refractivity contribution >= 4 is 39.5 Å². The lowest BCUT2D eigenvalue weighted by Crippen LogP contribution is -2.30. The van der Waals surface area contributed by atoms with Crippen molar-refractivity contribution in [3.8, 4) is 0 Å². The third-order valence-corrected chi connectivity index (χ3v) is 15.8. The van der Waals surface area contributed by atoms with Gasteiger partial charge in [0.25, 0.3) is 0 Å². The fourth-order valence-corrected chi connectivity index (χ4v) is 9.99. The van der Waals surface area contributed by atoms with E-state index in [0.717, 1.165) is 115 Å². The zero-order chi connectivity index (χ0) is 57.3. The quantitative estimate of drug-likeness (QED) is 0.0222. The lowest BCUT2D eigenvalue weighted by molar-refractivity contribution is -0.161. The molecule has 77 heavy (non-hydrogen) atoms. The molecular formula is C58H112O17P2. The third-order valence-electron chi connectivity index (χ3n) is 13.9. The van der Waals surface area contributed by atoms with E-state index in [2.05, 4.69) is 41.5 Å². The Balaban J connectivity index is 5.24. The Labute approximate surface area is 467 Å². The van der Waals surface area contributed by atoms with Gasteiger partial charge in [-0.2, -0.15) is 0 Å². The summed E-state index contributed by atoms with van der Waals surface area (Å²) < 4.78 is 67.6. The normalized spacial score (nSPS) is 15.2. The van der Waals surface area contributed by atoms with E-state index < -0.39 is 97.5 Å². The van der Waals surface area contributed by atoms with Crippen molar-refractivity contribution in [3.05, 3.63) is 0 Å². The number of hydrogen-bond donors (Lipinski definition) is 3. The number of unbranched alkanes of at least 4 members (excludes halogenated alkanes) is 25. The summed E-state index contributed by atoms with van der Waals surface area (Å²) >= 11 is 0. The van der Waals surface area contributed by atoms with Crippen molar-refractivity contribution in [1.82, 2.24) is 0 Å². The number of carbonyl (C=O) groups is 4. The molecule has 0 fully saturated rings. The summed E-state index contributed by atoms with van der Waals surface area (Å²) in [4.78, 5) is 71.8. The average molecular weight is 1140 g/mol. The summed E-state index contributed by atoms with van der Waals surface area (Å²) in [6.45, 7) is 9.31. The molecule has 0 aliphatic heterocycles. The largest absolute Gasteiger partial charge is 0.472 e. The standard InChI is InChI=1S/C58H112O17P2/c1-7-11-13-15-17-19-21-30-36-42-57(62)74-53(46-68-55(60)40-34-28-20-18-16-14-12-8-2)48-72-76(64,65)70-44-52(59)45-71-77(66,67)73-49-54(75-58(63)43-37-31-25-23-27-33-39-51(6)10-4)47-69-56(61)41-35-29-24-22-26-32-38-50(5)9-3/h50-54,59H,7-49H2,1-6H3,(H,64,65)(H,66,67)/t50?,51?,52-,53+,54+/m0/s1. The Hall–Kier alpha value is -1.94. The van der Waals surface area contributed by atoms with Gasteiger partial charge in [-0.05, 0) is 37.5 Å². The predicted octanol–water partition coefficient (Wildman–Crippen LogP) is 15.3. The fraction of sp³-hybridized carbons (Fsp3) is 0.931. The molecule has 0 radical (unpaired) electrons. The molecule has 7 atom stereocenters. The number of ether oxygens (including phenoxy) is 4. The maximum absolute atomic E-state index is 12.9. The fourth-order valence-electron chi connectivity index (χ4n) is 8.41. The second-order valence-electron chi connectivity index (χ2n) is 21.5. The number of aliphatic hydroxyl groups is 1. The Morgan fingerprint density at radius 1 is 0.364 bits per heavy atom. The molecule has 0 heterocycles. The number of esters is 4. The van der Waals surface area contributed by atoms with Crippen molar-refractivity contribution in [1.29, 1.82) is 0 Å². The zero-order valence-corrected chi connectivity index (χ0v) is 51.0. The van der Waals surface area contributed by atoms with Gasteiger partial charge < -0.3 is 33.8 Å². The maximum atomic E-state index is 12.9. The van der Waals surface area contributed by atoms with Crippen LogP contribution in [-0.2, 0) is 65.4 Å². The summed E-state index contributed by atoms with van der Waals surface area (Å²) in [5.41, 5.74) is 0. The van der Waals surface area contributed by atoms with E-state index in [1.54, 1.807) is 0 Å². The highest BCUT2D eigenvalue weighted by Gasteiger charge is 2.30. The van der Waals surface area contributed by atoms with Gasteiger partial charge >= 0.3 is 39.5 Å². The molecular weight excluding hydrogens is 1030 g/mol. The van der Waals surface area contributed by atoms with Gasteiger partial charge in [0.05, 0.1) is 26.4 Å².